The van der Waals surface area contributed by atoms with Gasteiger partial charge in [0.05, 0.1) is 0 Å². The molecule has 0 unspecified atom stereocenters. The summed E-state index contributed by atoms with van der Waals surface area (Å²) in [6, 6.07) is 10.1. The summed E-state index contributed by atoms with van der Waals surface area (Å²) < 4.78 is 0. The number of nitrogens with zero attached hydrogens (tertiary/aromatic N) is 1. The van der Waals surface area contributed by atoms with Crippen molar-refractivity contribution in [2.45, 2.75) is 44.2 Å². The summed E-state index contributed by atoms with van der Waals surface area (Å²) in [6.07, 6.45) is 6.80. The van der Waals surface area contributed by atoms with Gasteiger partial charge in [0.15, 0.2) is 0 Å². The fourth-order valence-corrected chi connectivity index (χ4v) is 3.82. The minimum Gasteiger partial charge on any atom is -0.399 e. The van der Waals surface area contributed by atoms with Gasteiger partial charge in [-0.25, -0.2) is 0 Å². The van der Waals surface area contributed by atoms with Crippen molar-refractivity contribution >= 4 is 5.69 Å². The van der Waals surface area contributed by atoms with Gasteiger partial charge >= 0.3 is 0 Å². The molecule has 2 aliphatic heterocycles. The smallest absolute Gasteiger partial charge is 0.0316 e. The lowest BCUT2D eigenvalue weighted by atomic mass is 9.85. The fourth-order valence-electron chi connectivity index (χ4n) is 3.82. The van der Waals surface area contributed by atoms with Crippen molar-refractivity contribution in [3.63, 3.8) is 0 Å². The molecule has 2 bridgehead atoms. The molecule has 2 fully saturated rings. The van der Waals surface area contributed by atoms with Crippen LogP contribution in [0.25, 0.3) is 0 Å². The molecule has 0 aliphatic carbocycles. The Labute approximate surface area is 104 Å². The van der Waals surface area contributed by atoms with E-state index in [2.05, 4.69) is 30.1 Å². The van der Waals surface area contributed by atoms with Gasteiger partial charge in [-0.15, -0.1) is 0 Å². The number of hydrogen-bond acceptors (Lipinski definition) is 2. The van der Waals surface area contributed by atoms with Crippen LogP contribution in [0.2, 0.25) is 0 Å². The molecule has 2 aliphatic rings. The van der Waals surface area contributed by atoms with Gasteiger partial charge in [0, 0.05) is 17.8 Å². The van der Waals surface area contributed by atoms with E-state index in [4.69, 9.17) is 5.73 Å². The summed E-state index contributed by atoms with van der Waals surface area (Å²) in [7, 11) is 2.31. The molecular weight excluding hydrogens is 208 g/mol. The van der Waals surface area contributed by atoms with E-state index in [0.29, 0.717) is 0 Å². The van der Waals surface area contributed by atoms with Crippen LogP contribution in [0.15, 0.2) is 24.3 Å². The van der Waals surface area contributed by atoms with Crippen LogP contribution in [0.1, 0.15) is 31.2 Å². The molecule has 2 heteroatoms. The summed E-state index contributed by atoms with van der Waals surface area (Å²) in [5.41, 5.74) is 8.17. The van der Waals surface area contributed by atoms with Crippen molar-refractivity contribution in [1.82, 2.24) is 4.90 Å². The second-order valence-electron chi connectivity index (χ2n) is 5.75. The standard InChI is InChI=1S/C15H22N2/c1-17-14-6-5-12(15(17)8-7-14)9-11-3-2-4-13(16)10-11/h2-4,10,12,14-15H,5-9,16H2,1H3/t12-,14-,15+/m0/s1. The topological polar surface area (TPSA) is 29.3 Å². The Morgan fingerprint density at radius 3 is 2.88 bits per heavy atom. The van der Waals surface area contributed by atoms with E-state index >= 15 is 0 Å². The highest BCUT2D eigenvalue weighted by molar-refractivity contribution is 5.40. The molecule has 0 saturated carbocycles. The Morgan fingerprint density at radius 2 is 2.06 bits per heavy atom. The van der Waals surface area contributed by atoms with Crippen LogP contribution in [0.3, 0.4) is 0 Å². The second-order valence-corrected chi connectivity index (χ2v) is 5.75. The number of hydrogen-bond donors (Lipinski definition) is 1. The number of anilines is 1. The molecule has 0 aromatic heterocycles. The van der Waals surface area contributed by atoms with Crippen LogP contribution in [-0.2, 0) is 6.42 Å². The van der Waals surface area contributed by atoms with E-state index in [-0.39, 0.29) is 0 Å². The maximum Gasteiger partial charge on any atom is 0.0316 e. The maximum absolute atomic E-state index is 5.86. The monoisotopic (exact) mass is 230 g/mol. The third kappa shape index (κ3) is 2.06. The Morgan fingerprint density at radius 1 is 1.24 bits per heavy atom. The second kappa shape index (κ2) is 4.34. The van der Waals surface area contributed by atoms with Gasteiger partial charge in [-0.1, -0.05) is 12.1 Å². The van der Waals surface area contributed by atoms with Gasteiger partial charge in [-0.3, -0.25) is 0 Å². The van der Waals surface area contributed by atoms with E-state index in [9.17, 15) is 0 Å². The molecule has 1 aromatic rings. The predicted molar refractivity (Wildman–Crippen MR) is 71.9 cm³/mol. The Hall–Kier alpha value is -1.02. The van der Waals surface area contributed by atoms with Crippen molar-refractivity contribution in [1.29, 1.82) is 0 Å². The van der Waals surface area contributed by atoms with Crippen LogP contribution in [-0.4, -0.2) is 24.0 Å². The third-order valence-electron chi connectivity index (χ3n) is 4.76. The minimum atomic E-state index is 0.815. The zero-order valence-corrected chi connectivity index (χ0v) is 10.6. The first-order chi connectivity index (χ1) is 8.24. The lowest BCUT2D eigenvalue weighted by Gasteiger charge is -2.37. The quantitative estimate of drug-likeness (QED) is 0.791. The average molecular weight is 230 g/mol. The number of rotatable bonds is 2. The minimum absolute atomic E-state index is 0.815. The van der Waals surface area contributed by atoms with Gasteiger partial charge in [0.2, 0.25) is 0 Å². The molecule has 2 saturated heterocycles. The molecule has 0 spiro atoms. The van der Waals surface area contributed by atoms with Crippen molar-refractivity contribution < 1.29 is 0 Å². The number of fused-ring (bicyclic) bond motifs is 2. The molecule has 3 atom stereocenters. The van der Waals surface area contributed by atoms with Crippen molar-refractivity contribution in [3.8, 4) is 0 Å². The van der Waals surface area contributed by atoms with Crippen LogP contribution >= 0.6 is 0 Å². The molecule has 3 rings (SSSR count). The molecule has 17 heavy (non-hydrogen) atoms. The Kier molecular flexibility index (Phi) is 2.83. The summed E-state index contributed by atoms with van der Waals surface area (Å²) in [5.74, 6) is 0.834. The van der Waals surface area contributed by atoms with E-state index in [0.717, 1.165) is 23.7 Å². The van der Waals surface area contributed by atoms with Crippen molar-refractivity contribution in [2.24, 2.45) is 5.92 Å². The maximum atomic E-state index is 5.86. The van der Waals surface area contributed by atoms with E-state index in [1.54, 1.807) is 0 Å². The summed E-state index contributed by atoms with van der Waals surface area (Å²) in [4.78, 5) is 2.63. The van der Waals surface area contributed by atoms with Crippen LogP contribution in [0.5, 0.6) is 0 Å². The lowest BCUT2D eigenvalue weighted by Crippen LogP contribution is -2.42. The molecular formula is C15H22N2. The van der Waals surface area contributed by atoms with Crippen LogP contribution in [0, 0.1) is 5.92 Å². The molecule has 0 amide bonds. The number of piperidine rings is 1. The first-order valence-corrected chi connectivity index (χ1v) is 6.80. The largest absolute Gasteiger partial charge is 0.399 e. The van der Waals surface area contributed by atoms with Crippen LogP contribution < -0.4 is 5.73 Å². The zero-order valence-electron chi connectivity index (χ0n) is 10.6. The van der Waals surface area contributed by atoms with Crippen molar-refractivity contribution in [2.75, 3.05) is 12.8 Å². The lowest BCUT2D eigenvalue weighted by molar-refractivity contribution is 0.120. The van der Waals surface area contributed by atoms with Gasteiger partial charge in [0.25, 0.3) is 0 Å². The fraction of sp³-hybridized carbons (Fsp3) is 0.600. The van der Waals surface area contributed by atoms with E-state index < -0.39 is 0 Å². The van der Waals surface area contributed by atoms with E-state index in [1.807, 2.05) is 6.07 Å². The SMILES string of the molecule is CN1[C@H]2CC[C@@H](Cc3cccc(N)c3)[C@H]1CC2. The van der Waals surface area contributed by atoms with E-state index in [1.165, 1.54) is 37.7 Å². The molecule has 0 radical (unpaired) electrons. The normalized spacial score (nSPS) is 32.9. The van der Waals surface area contributed by atoms with Crippen LogP contribution in [0.4, 0.5) is 5.69 Å². The summed E-state index contributed by atoms with van der Waals surface area (Å²) in [6.45, 7) is 0. The summed E-state index contributed by atoms with van der Waals surface area (Å²) >= 11 is 0. The molecule has 92 valence electrons. The Bertz CT molecular complexity index is 402. The highest BCUT2D eigenvalue weighted by atomic mass is 15.2. The molecule has 2 nitrogen and oxygen atoms in total. The average Bonchev–Trinajstić information content (AvgIpc) is 2.55. The molecule has 2 N–H and O–H groups in total. The first kappa shape index (κ1) is 11.1. The third-order valence-corrected chi connectivity index (χ3v) is 4.76. The highest BCUT2D eigenvalue weighted by Crippen LogP contribution is 2.39. The predicted octanol–water partition coefficient (Wildman–Crippen LogP) is 2.68. The molecule has 2 heterocycles. The number of benzene rings is 1. The molecule has 1 aromatic carbocycles. The van der Waals surface area contributed by atoms with Gasteiger partial charge in [-0.2, -0.15) is 0 Å². The summed E-state index contributed by atoms with van der Waals surface area (Å²) in [5, 5.41) is 0. The van der Waals surface area contributed by atoms with Gasteiger partial charge in [-0.05, 0) is 62.8 Å². The zero-order chi connectivity index (χ0) is 11.8. The number of nitrogens with two attached hydrogens (primary N) is 1. The highest BCUT2D eigenvalue weighted by Gasteiger charge is 2.39. The van der Waals surface area contributed by atoms with Gasteiger partial charge in [0.1, 0.15) is 0 Å². The Balaban J connectivity index is 1.73. The van der Waals surface area contributed by atoms with Gasteiger partial charge < -0.3 is 10.6 Å². The first-order valence-electron chi connectivity index (χ1n) is 6.80. The van der Waals surface area contributed by atoms with Crippen molar-refractivity contribution in [3.05, 3.63) is 29.8 Å². The number of nitrogen functional groups attached to an aromatic ring is 1.